The number of aryl methyl sites for hydroxylation is 1. The lowest BCUT2D eigenvalue weighted by Gasteiger charge is -2.09. The lowest BCUT2D eigenvalue weighted by Crippen LogP contribution is -2.12. The molecule has 0 aliphatic heterocycles. The molecule has 0 amide bonds. The van der Waals surface area contributed by atoms with Crippen molar-refractivity contribution < 1.29 is 19.8 Å². The Morgan fingerprint density at radius 3 is 2.76 bits per heavy atom. The smallest absolute Gasteiger partial charge is 0.337 e. The predicted octanol–water partition coefficient (Wildman–Crippen LogP) is 1.07. The molecule has 1 unspecified atom stereocenters. The first-order valence-corrected chi connectivity index (χ1v) is 4.96. The van der Waals surface area contributed by atoms with Crippen LogP contribution in [0.25, 0.3) is 0 Å². The summed E-state index contributed by atoms with van der Waals surface area (Å²) in [4.78, 5) is 21.4. The quantitative estimate of drug-likeness (QED) is 0.741. The van der Waals surface area contributed by atoms with E-state index >= 15 is 0 Å². The lowest BCUT2D eigenvalue weighted by molar-refractivity contribution is -0.146. The Hall–Kier alpha value is -2.19. The van der Waals surface area contributed by atoms with Gasteiger partial charge in [-0.2, -0.15) is 5.26 Å². The molecule has 1 aromatic carbocycles. The maximum atomic E-state index is 10.8. The number of carbonyl (C=O) groups is 2. The van der Waals surface area contributed by atoms with E-state index in [0.29, 0.717) is 19.1 Å². The van der Waals surface area contributed by atoms with E-state index in [1.807, 2.05) is 6.07 Å². The highest BCUT2D eigenvalue weighted by Gasteiger charge is 2.19. The summed E-state index contributed by atoms with van der Waals surface area (Å²) in [5.41, 5.74) is 0.957. The van der Waals surface area contributed by atoms with E-state index in [9.17, 15) is 14.7 Å². The highest BCUT2D eigenvalue weighted by molar-refractivity contribution is 5.83. The van der Waals surface area contributed by atoms with Gasteiger partial charge in [-0.05, 0) is 18.1 Å². The molecule has 0 fully saturated rings. The number of aliphatic hydroxyl groups is 1. The molecule has 2 N–H and O–H groups in total. The summed E-state index contributed by atoms with van der Waals surface area (Å²) in [5, 5.41) is 26.5. The Labute approximate surface area is 97.9 Å². The topological polar surface area (TPSA) is 98.4 Å². The number of nitriles is 1. The van der Waals surface area contributed by atoms with Gasteiger partial charge in [-0.25, -0.2) is 4.79 Å². The summed E-state index contributed by atoms with van der Waals surface area (Å²) in [6.45, 7) is 0. The fourth-order valence-electron chi connectivity index (χ4n) is 1.46. The third kappa shape index (κ3) is 3.13. The summed E-state index contributed by atoms with van der Waals surface area (Å²) >= 11 is 0. The van der Waals surface area contributed by atoms with E-state index < -0.39 is 12.1 Å². The molecule has 0 heterocycles. The Balaban J connectivity index is 3.06. The number of aldehydes is 1. The summed E-state index contributed by atoms with van der Waals surface area (Å²) in [5.74, 6) is -1.40. The molecule has 17 heavy (non-hydrogen) atoms. The van der Waals surface area contributed by atoms with E-state index in [1.54, 1.807) is 6.07 Å². The molecule has 1 atom stereocenters. The zero-order valence-electron chi connectivity index (χ0n) is 8.96. The number of carbonyl (C=O) groups excluding carboxylic acids is 1. The van der Waals surface area contributed by atoms with Gasteiger partial charge in [-0.3, -0.25) is 4.79 Å². The number of nitrogens with zero attached hydrogens (tertiary/aromatic N) is 1. The third-order valence-electron chi connectivity index (χ3n) is 2.33. The van der Waals surface area contributed by atoms with E-state index in [4.69, 9.17) is 10.4 Å². The number of hydrogen-bond donors (Lipinski definition) is 2. The van der Waals surface area contributed by atoms with Gasteiger partial charge in [0.05, 0.1) is 6.07 Å². The molecule has 0 aromatic heterocycles. The van der Waals surface area contributed by atoms with Gasteiger partial charge in [0.25, 0.3) is 0 Å². The SMILES string of the molecule is N#CCCc1ccc(C(O)C(=O)O)c(C=O)c1. The van der Waals surface area contributed by atoms with E-state index in [1.165, 1.54) is 12.1 Å². The minimum absolute atomic E-state index is 0.0632. The van der Waals surface area contributed by atoms with Crippen molar-refractivity contribution in [1.29, 1.82) is 5.26 Å². The number of hydrogen-bond acceptors (Lipinski definition) is 4. The van der Waals surface area contributed by atoms with Gasteiger partial charge in [-0.15, -0.1) is 0 Å². The van der Waals surface area contributed by atoms with Crippen LogP contribution in [0.1, 0.15) is 34.0 Å². The maximum Gasteiger partial charge on any atom is 0.337 e. The van der Waals surface area contributed by atoms with Crippen molar-refractivity contribution in [3.63, 3.8) is 0 Å². The molecule has 0 saturated carbocycles. The monoisotopic (exact) mass is 233 g/mol. The molecule has 0 radical (unpaired) electrons. The molecule has 1 rings (SSSR count). The molecule has 1 aromatic rings. The standard InChI is InChI=1S/C12H11NO4/c13-5-1-2-8-3-4-10(9(6-8)7-14)11(15)12(16)17/h3-4,6-7,11,15H,1-2H2,(H,16,17). The Bertz CT molecular complexity index is 476. The number of carboxylic acids is 1. The van der Waals surface area contributed by atoms with E-state index in [2.05, 4.69) is 0 Å². The van der Waals surface area contributed by atoms with Crippen LogP contribution < -0.4 is 0 Å². The maximum absolute atomic E-state index is 10.8. The van der Waals surface area contributed by atoms with Crippen LogP contribution in [0, 0.1) is 11.3 Å². The Kier molecular flexibility index (Phi) is 4.37. The van der Waals surface area contributed by atoms with Crippen molar-refractivity contribution in [3.8, 4) is 6.07 Å². The van der Waals surface area contributed by atoms with Crippen LogP contribution in [0.2, 0.25) is 0 Å². The first-order chi connectivity index (χ1) is 8.10. The highest BCUT2D eigenvalue weighted by Crippen LogP contribution is 2.19. The average Bonchev–Trinajstić information content (AvgIpc) is 2.34. The van der Waals surface area contributed by atoms with Crippen molar-refractivity contribution in [1.82, 2.24) is 0 Å². The molecular weight excluding hydrogens is 222 g/mol. The Morgan fingerprint density at radius 1 is 1.53 bits per heavy atom. The van der Waals surface area contributed by atoms with Gasteiger partial charge in [0, 0.05) is 17.5 Å². The highest BCUT2D eigenvalue weighted by atomic mass is 16.4. The van der Waals surface area contributed by atoms with Crippen LogP contribution >= 0.6 is 0 Å². The molecular formula is C12H11NO4. The van der Waals surface area contributed by atoms with Crippen LogP contribution in [-0.2, 0) is 11.2 Å². The summed E-state index contributed by atoms with van der Waals surface area (Å²) in [7, 11) is 0. The second kappa shape index (κ2) is 5.77. The summed E-state index contributed by atoms with van der Waals surface area (Å²) in [6.07, 6.45) is -0.405. The van der Waals surface area contributed by atoms with Crippen molar-refractivity contribution in [2.24, 2.45) is 0 Å². The Morgan fingerprint density at radius 2 is 2.24 bits per heavy atom. The van der Waals surface area contributed by atoms with Gasteiger partial charge >= 0.3 is 5.97 Å². The van der Waals surface area contributed by atoms with Crippen molar-refractivity contribution in [2.75, 3.05) is 0 Å². The van der Waals surface area contributed by atoms with E-state index in [-0.39, 0.29) is 11.1 Å². The first-order valence-electron chi connectivity index (χ1n) is 4.96. The molecule has 5 heteroatoms. The normalized spacial score (nSPS) is 11.5. The van der Waals surface area contributed by atoms with Crippen LogP contribution in [0.15, 0.2) is 18.2 Å². The first kappa shape index (κ1) is 12.9. The van der Waals surface area contributed by atoms with Gasteiger partial charge in [0.2, 0.25) is 0 Å². The minimum atomic E-state index is -1.71. The molecule has 0 aliphatic carbocycles. The molecule has 0 saturated heterocycles. The van der Waals surface area contributed by atoms with Crippen LogP contribution in [0.5, 0.6) is 0 Å². The number of aliphatic hydroxyl groups excluding tert-OH is 1. The fourth-order valence-corrected chi connectivity index (χ4v) is 1.46. The predicted molar refractivity (Wildman–Crippen MR) is 58.4 cm³/mol. The van der Waals surface area contributed by atoms with Gasteiger partial charge in [-0.1, -0.05) is 12.1 Å². The largest absolute Gasteiger partial charge is 0.479 e. The third-order valence-corrected chi connectivity index (χ3v) is 2.33. The fraction of sp³-hybridized carbons (Fsp3) is 0.250. The summed E-state index contributed by atoms with van der Waals surface area (Å²) in [6, 6.07) is 6.47. The van der Waals surface area contributed by atoms with Gasteiger partial charge in [0.15, 0.2) is 6.10 Å². The zero-order valence-corrected chi connectivity index (χ0v) is 8.96. The van der Waals surface area contributed by atoms with Crippen LogP contribution in [0.4, 0.5) is 0 Å². The number of rotatable bonds is 5. The number of carboxylic acid groups (broad SMARTS) is 1. The lowest BCUT2D eigenvalue weighted by atomic mass is 9.98. The van der Waals surface area contributed by atoms with Gasteiger partial charge in [0.1, 0.15) is 6.29 Å². The van der Waals surface area contributed by atoms with Crippen molar-refractivity contribution in [2.45, 2.75) is 18.9 Å². The molecule has 88 valence electrons. The summed E-state index contributed by atoms with van der Waals surface area (Å²) < 4.78 is 0. The molecule has 5 nitrogen and oxygen atoms in total. The molecule has 0 bridgehead atoms. The minimum Gasteiger partial charge on any atom is -0.479 e. The van der Waals surface area contributed by atoms with E-state index in [0.717, 1.165) is 5.56 Å². The second-order valence-corrected chi connectivity index (χ2v) is 3.48. The molecule has 0 spiro atoms. The van der Waals surface area contributed by atoms with Crippen LogP contribution in [0.3, 0.4) is 0 Å². The zero-order chi connectivity index (χ0) is 12.8. The average molecular weight is 233 g/mol. The van der Waals surface area contributed by atoms with Crippen LogP contribution in [-0.4, -0.2) is 22.5 Å². The van der Waals surface area contributed by atoms with Crippen molar-refractivity contribution >= 4 is 12.3 Å². The second-order valence-electron chi connectivity index (χ2n) is 3.48. The molecule has 0 aliphatic rings. The van der Waals surface area contributed by atoms with Crippen molar-refractivity contribution in [3.05, 3.63) is 34.9 Å². The van der Waals surface area contributed by atoms with Gasteiger partial charge < -0.3 is 10.2 Å². The number of aliphatic carboxylic acids is 1. The number of benzene rings is 1.